The Labute approximate surface area is 73.8 Å². The molecule has 0 aliphatic carbocycles. The molecule has 0 aliphatic rings. The van der Waals surface area contributed by atoms with Crippen molar-refractivity contribution in [1.29, 1.82) is 0 Å². The van der Waals surface area contributed by atoms with Crippen LogP contribution in [0.5, 0.6) is 0 Å². The molecule has 0 rings (SSSR count). The molecular weight excluding hydrogens is 158 g/mol. The van der Waals surface area contributed by atoms with Crippen LogP contribution in [0.25, 0.3) is 0 Å². The molecule has 0 aromatic heterocycles. The number of halogens is 1. The fourth-order valence-electron chi connectivity index (χ4n) is 0.341. The van der Waals surface area contributed by atoms with Gasteiger partial charge in [-0.3, -0.25) is 4.79 Å². The van der Waals surface area contributed by atoms with Crippen LogP contribution in [-0.4, -0.2) is 13.1 Å². The Bertz CT molecular complexity index is 173. The Morgan fingerprint density at radius 3 is 2.00 bits per heavy atom. The minimum atomic E-state index is -0.509. The van der Waals surface area contributed by atoms with E-state index in [1.54, 1.807) is 0 Å². The van der Waals surface area contributed by atoms with Crippen molar-refractivity contribution in [3.8, 4) is 0 Å². The second-order valence-electron chi connectivity index (χ2n) is 1.34. The summed E-state index contributed by atoms with van der Waals surface area (Å²) in [5.74, 6) is 0. The zero-order valence-corrected chi connectivity index (χ0v) is 7.27. The van der Waals surface area contributed by atoms with Crippen LogP contribution in [0.2, 0.25) is 6.82 Å². The van der Waals surface area contributed by atoms with Crippen molar-refractivity contribution in [2.75, 3.05) is 0 Å². The van der Waals surface area contributed by atoms with Crippen molar-refractivity contribution < 1.29 is 4.79 Å². The van der Waals surface area contributed by atoms with Gasteiger partial charge in [-0.05, 0) is 11.6 Å². The summed E-state index contributed by atoms with van der Waals surface area (Å²) in [5.41, 5.74) is 0.367. The van der Waals surface area contributed by atoms with Crippen LogP contribution in [0.3, 0.4) is 0 Å². The lowest BCUT2D eigenvalue weighted by molar-refractivity contribution is -0.108. The van der Waals surface area contributed by atoms with Gasteiger partial charge in [0.1, 0.15) is 0 Å². The summed E-state index contributed by atoms with van der Waals surface area (Å²) in [6, 6.07) is 0. The molecule has 0 heterocycles. The molecule has 1 nitrogen and oxygen atoms in total. The van der Waals surface area contributed by atoms with E-state index in [2.05, 4.69) is 21.0 Å². The van der Waals surface area contributed by atoms with Crippen LogP contribution in [-0.2, 0) is 4.79 Å². The van der Waals surface area contributed by atoms with E-state index in [4.69, 9.17) is 11.6 Å². The molecule has 58 valence electrons. The average Bonchev–Trinajstić information content (AvgIpc) is 2.03. The van der Waals surface area contributed by atoms with E-state index in [1.165, 1.54) is 25.1 Å². The van der Waals surface area contributed by atoms with E-state index >= 15 is 0 Å². The molecule has 0 unspecified atom stereocenters. The molecule has 3 heteroatoms. The van der Waals surface area contributed by atoms with Crippen molar-refractivity contribution in [1.82, 2.24) is 0 Å². The van der Waals surface area contributed by atoms with Crippen molar-refractivity contribution in [3.63, 3.8) is 0 Å². The summed E-state index contributed by atoms with van der Waals surface area (Å²) in [4.78, 5) is 10.3. The summed E-state index contributed by atoms with van der Waals surface area (Å²) in [6.07, 6.45) is 4.37. The molecule has 0 saturated carbocycles. The fraction of sp³-hybridized carbons (Fsp3) is 0.125. The van der Waals surface area contributed by atoms with Crippen LogP contribution in [0.1, 0.15) is 0 Å². The molecule has 0 amide bonds. The van der Waals surface area contributed by atoms with Crippen LogP contribution in [0.15, 0.2) is 37.0 Å². The van der Waals surface area contributed by atoms with Crippen LogP contribution < -0.4 is 0 Å². The van der Waals surface area contributed by atoms with Gasteiger partial charge in [0.25, 0.3) is 5.24 Å². The van der Waals surface area contributed by atoms with Crippen LogP contribution in [0.4, 0.5) is 0 Å². The standard InChI is InChI=1S/C7H7ClO.CH3B/c1-3-5-6(4-2)7(8)9;1-2/h3-5H,1-2H2;1H3/b6-5+;. The average molecular weight is 168 g/mol. The monoisotopic (exact) mass is 168 g/mol. The SMILES string of the molecule is C=C/C=C(\C=C)C(=O)Cl.[B]C. The number of rotatable bonds is 3. The Morgan fingerprint density at radius 1 is 1.45 bits per heavy atom. The molecule has 0 aromatic carbocycles. The van der Waals surface area contributed by atoms with Gasteiger partial charge < -0.3 is 0 Å². The van der Waals surface area contributed by atoms with Crippen molar-refractivity contribution in [3.05, 3.63) is 37.0 Å². The highest BCUT2D eigenvalue weighted by Crippen LogP contribution is 2.00. The smallest absolute Gasteiger partial charge is 0.252 e. The maximum Gasteiger partial charge on any atom is 0.252 e. The van der Waals surface area contributed by atoms with Gasteiger partial charge in [0.05, 0.1) is 7.85 Å². The molecule has 0 fully saturated rings. The number of carbonyl (C=O) groups excluding carboxylic acids is 1. The maximum atomic E-state index is 10.3. The molecule has 0 N–H and O–H groups in total. The molecule has 0 aliphatic heterocycles. The van der Waals surface area contributed by atoms with Gasteiger partial charge in [0, 0.05) is 5.57 Å². The predicted molar refractivity (Wildman–Crippen MR) is 51.0 cm³/mol. The third kappa shape index (κ3) is 7.14. The van der Waals surface area contributed by atoms with Gasteiger partial charge in [-0.2, -0.15) is 0 Å². The third-order valence-corrected chi connectivity index (χ3v) is 0.963. The van der Waals surface area contributed by atoms with Crippen molar-refractivity contribution in [2.45, 2.75) is 6.82 Å². The van der Waals surface area contributed by atoms with Crippen LogP contribution in [0, 0.1) is 0 Å². The Morgan fingerprint density at radius 2 is 1.91 bits per heavy atom. The quantitative estimate of drug-likeness (QED) is 0.273. The summed E-state index contributed by atoms with van der Waals surface area (Å²) < 4.78 is 0. The first-order chi connectivity index (χ1) is 5.22. The molecule has 0 aromatic rings. The Kier molecular flexibility index (Phi) is 10.8. The Hall–Kier alpha value is -0.755. The lowest BCUT2D eigenvalue weighted by Crippen LogP contribution is -1.86. The highest BCUT2D eigenvalue weighted by Gasteiger charge is 1.96. The van der Waals surface area contributed by atoms with Crippen molar-refractivity contribution in [2.24, 2.45) is 0 Å². The maximum absolute atomic E-state index is 10.3. The second kappa shape index (κ2) is 9.24. The van der Waals surface area contributed by atoms with Crippen molar-refractivity contribution >= 4 is 24.7 Å². The molecule has 0 bridgehead atoms. The zero-order chi connectivity index (χ0) is 9.28. The zero-order valence-electron chi connectivity index (χ0n) is 6.51. The lowest BCUT2D eigenvalue weighted by Gasteiger charge is -1.86. The van der Waals surface area contributed by atoms with E-state index in [1.807, 2.05) is 0 Å². The third-order valence-electron chi connectivity index (χ3n) is 0.744. The summed E-state index contributed by atoms with van der Waals surface area (Å²) in [6.45, 7) is 8.28. The van der Waals surface area contributed by atoms with E-state index < -0.39 is 5.24 Å². The van der Waals surface area contributed by atoms with Gasteiger partial charge in [0.2, 0.25) is 0 Å². The Balaban J connectivity index is 0. The number of hydrogen-bond acceptors (Lipinski definition) is 1. The highest BCUT2D eigenvalue weighted by molar-refractivity contribution is 6.68. The fourth-order valence-corrected chi connectivity index (χ4v) is 0.481. The largest absolute Gasteiger partial charge is 0.276 e. The molecular formula is C8H10BClO. The normalized spacial score (nSPS) is 9.09. The molecule has 0 atom stereocenters. The van der Waals surface area contributed by atoms with Gasteiger partial charge in [-0.15, -0.1) is 0 Å². The van der Waals surface area contributed by atoms with E-state index in [9.17, 15) is 4.79 Å². The summed E-state index contributed by atoms with van der Waals surface area (Å²) >= 11 is 5.10. The molecule has 11 heavy (non-hydrogen) atoms. The first-order valence-electron chi connectivity index (χ1n) is 2.95. The first kappa shape index (κ1) is 12.9. The first-order valence-corrected chi connectivity index (χ1v) is 3.33. The van der Waals surface area contributed by atoms with Crippen LogP contribution >= 0.6 is 11.6 Å². The second-order valence-corrected chi connectivity index (χ2v) is 1.68. The number of hydrogen-bond donors (Lipinski definition) is 0. The molecule has 2 radical (unpaired) electrons. The van der Waals surface area contributed by atoms with Gasteiger partial charge in [-0.1, -0.05) is 38.2 Å². The van der Waals surface area contributed by atoms with Gasteiger partial charge in [0.15, 0.2) is 0 Å². The summed E-state index contributed by atoms with van der Waals surface area (Å²) in [5, 5.41) is -0.509. The topological polar surface area (TPSA) is 17.1 Å². The molecule has 0 saturated heterocycles. The number of carbonyl (C=O) groups is 1. The minimum Gasteiger partial charge on any atom is -0.276 e. The highest BCUT2D eigenvalue weighted by atomic mass is 35.5. The minimum absolute atomic E-state index is 0.367. The predicted octanol–water partition coefficient (Wildman–Crippen LogP) is 2.25. The number of allylic oxidation sites excluding steroid dienone is 4. The molecule has 0 spiro atoms. The van der Waals surface area contributed by atoms with E-state index in [0.29, 0.717) is 5.57 Å². The van der Waals surface area contributed by atoms with E-state index in [-0.39, 0.29) is 0 Å². The lowest BCUT2D eigenvalue weighted by atomic mass is 10.2. The van der Waals surface area contributed by atoms with Gasteiger partial charge >= 0.3 is 0 Å². The van der Waals surface area contributed by atoms with E-state index in [0.717, 1.165) is 0 Å². The summed E-state index contributed by atoms with van der Waals surface area (Å²) in [7, 11) is 4.50. The van der Waals surface area contributed by atoms with Gasteiger partial charge in [-0.25, -0.2) is 0 Å².